The van der Waals surface area contributed by atoms with Gasteiger partial charge in [-0.05, 0) is 37.5 Å². The van der Waals surface area contributed by atoms with E-state index in [4.69, 9.17) is 0 Å². The molecule has 8 heteroatoms. The van der Waals surface area contributed by atoms with Gasteiger partial charge in [-0.15, -0.1) is 0 Å². The van der Waals surface area contributed by atoms with E-state index >= 15 is 0 Å². The lowest BCUT2D eigenvalue weighted by Crippen LogP contribution is -2.45. The summed E-state index contributed by atoms with van der Waals surface area (Å²) in [6.07, 6.45) is -0.832. The SMILES string of the molecule is COC(=O)[C@@H]1[C@@H](O)CCN1C(=O)c1cc(C)c(C)cc1[N+](=O)[O-]. The Labute approximate surface area is 132 Å². The molecule has 1 aromatic rings. The van der Waals surface area contributed by atoms with Crippen molar-refractivity contribution in [3.05, 3.63) is 38.9 Å². The number of rotatable bonds is 3. The Morgan fingerprint density at radius 3 is 2.52 bits per heavy atom. The Morgan fingerprint density at radius 2 is 1.96 bits per heavy atom. The lowest BCUT2D eigenvalue weighted by atomic mass is 10.0. The predicted molar refractivity (Wildman–Crippen MR) is 80.0 cm³/mol. The summed E-state index contributed by atoms with van der Waals surface area (Å²) in [5.74, 6) is -1.40. The number of carbonyl (C=O) groups is 2. The molecule has 1 heterocycles. The van der Waals surface area contributed by atoms with Crippen LogP contribution < -0.4 is 0 Å². The molecule has 1 N–H and O–H groups in total. The third kappa shape index (κ3) is 3.02. The highest BCUT2D eigenvalue weighted by molar-refractivity contribution is 6.01. The number of nitrogens with zero attached hydrogens (tertiary/aromatic N) is 2. The molecule has 1 aliphatic rings. The number of methoxy groups -OCH3 is 1. The zero-order valence-corrected chi connectivity index (χ0v) is 13.1. The molecule has 1 fully saturated rings. The standard InChI is InChI=1S/C15H18N2O6/c1-8-6-10(11(17(21)22)7-9(8)2)14(19)16-5-4-12(18)13(16)15(20)23-3/h6-7,12-13,18H,4-5H2,1-3H3/t12-,13-/m0/s1. The molecule has 1 saturated heterocycles. The Hall–Kier alpha value is -2.48. The summed E-state index contributed by atoms with van der Waals surface area (Å²) in [5.41, 5.74) is 1.01. The number of esters is 1. The molecule has 0 aliphatic carbocycles. The second-order valence-corrected chi connectivity index (χ2v) is 5.53. The van der Waals surface area contributed by atoms with Crippen molar-refractivity contribution in [3.8, 4) is 0 Å². The van der Waals surface area contributed by atoms with Gasteiger partial charge in [-0.1, -0.05) is 0 Å². The molecule has 0 aromatic heterocycles. The van der Waals surface area contributed by atoms with Gasteiger partial charge < -0.3 is 14.7 Å². The first-order chi connectivity index (χ1) is 10.8. The molecule has 0 unspecified atom stereocenters. The fourth-order valence-electron chi connectivity index (χ4n) is 2.69. The summed E-state index contributed by atoms with van der Waals surface area (Å²) in [6.45, 7) is 3.59. The molecule has 2 rings (SSSR count). The van der Waals surface area contributed by atoms with E-state index in [2.05, 4.69) is 4.74 Å². The summed E-state index contributed by atoms with van der Waals surface area (Å²) in [4.78, 5) is 36.3. The highest BCUT2D eigenvalue weighted by atomic mass is 16.6. The van der Waals surface area contributed by atoms with E-state index in [-0.39, 0.29) is 24.2 Å². The number of amides is 1. The zero-order chi connectivity index (χ0) is 17.3. The first-order valence-corrected chi connectivity index (χ1v) is 7.10. The van der Waals surface area contributed by atoms with Crippen molar-refractivity contribution in [2.24, 2.45) is 0 Å². The largest absolute Gasteiger partial charge is 0.467 e. The third-order valence-electron chi connectivity index (χ3n) is 4.11. The number of aliphatic hydroxyl groups excluding tert-OH is 1. The molecule has 23 heavy (non-hydrogen) atoms. The molecule has 0 saturated carbocycles. The highest BCUT2D eigenvalue weighted by Crippen LogP contribution is 2.28. The fraction of sp³-hybridized carbons (Fsp3) is 0.467. The Kier molecular flexibility index (Phi) is 4.65. The number of aryl methyl sites for hydroxylation is 2. The topological polar surface area (TPSA) is 110 Å². The van der Waals surface area contributed by atoms with Crippen LogP contribution in [0.4, 0.5) is 5.69 Å². The number of benzene rings is 1. The van der Waals surface area contributed by atoms with Crippen LogP contribution >= 0.6 is 0 Å². The van der Waals surface area contributed by atoms with E-state index in [1.165, 1.54) is 12.1 Å². The summed E-state index contributed by atoms with van der Waals surface area (Å²) >= 11 is 0. The second kappa shape index (κ2) is 6.33. The Balaban J connectivity index is 2.46. The Morgan fingerprint density at radius 1 is 1.35 bits per heavy atom. The summed E-state index contributed by atoms with van der Waals surface area (Å²) in [7, 11) is 1.16. The number of nitro benzene ring substituents is 1. The molecular weight excluding hydrogens is 304 g/mol. The van der Waals surface area contributed by atoms with E-state index in [0.717, 1.165) is 17.6 Å². The van der Waals surface area contributed by atoms with Gasteiger partial charge in [0.05, 0.1) is 18.1 Å². The van der Waals surface area contributed by atoms with E-state index < -0.39 is 28.9 Å². The zero-order valence-electron chi connectivity index (χ0n) is 13.1. The number of carbonyl (C=O) groups excluding carboxylic acids is 2. The number of hydrogen-bond acceptors (Lipinski definition) is 6. The van der Waals surface area contributed by atoms with Gasteiger partial charge in [-0.3, -0.25) is 14.9 Å². The lowest BCUT2D eigenvalue weighted by Gasteiger charge is -2.24. The number of aliphatic hydroxyl groups is 1. The first kappa shape index (κ1) is 16.9. The van der Waals surface area contributed by atoms with Gasteiger partial charge in [0.25, 0.3) is 11.6 Å². The van der Waals surface area contributed by atoms with Gasteiger partial charge in [0, 0.05) is 12.6 Å². The van der Waals surface area contributed by atoms with Crippen LogP contribution in [-0.4, -0.2) is 52.6 Å². The van der Waals surface area contributed by atoms with Gasteiger partial charge in [-0.2, -0.15) is 0 Å². The van der Waals surface area contributed by atoms with Crippen LogP contribution in [-0.2, 0) is 9.53 Å². The minimum atomic E-state index is -1.14. The van der Waals surface area contributed by atoms with Gasteiger partial charge in [0.15, 0.2) is 6.04 Å². The molecule has 124 valence electrons. The maximum Gasteiger partial charge on any atom is 0.331 e. The van der Waals surface area contributed by atoms with Crippen LogP contribution in [0.15, 0.2) is 12.1 Å². The molecule has 0 spiro atoms. The smallest absolute Gasteiger partial charge is 0.331 e. The van der Waals surface area contributed by atoms with Crippen molar-refractivity contribution in [1.82, 2.24) is 4.90 Å². The monoisotopic (exact) mass is 322 g/mol. The van der Waals surface area contributed by atoms with Crippen molar-refractivity contribution in [2.75, 3.05) is 13.7 Å². The summed E-state index contributed by atoms with van der Waals surface area (Å²) in [6, 6.07) is 1.63. The summed E-state index contributed by atoms with van der Waals surface area (Å²) in [5, 5.41) is 21.1. The van der Waals surface area contributed by atoms with E-state index in [1.807, 2.05) is 0 Å². The van der Waals surface area contributed by atoms with Crippen LogP contribution in [0.3, 0.4) is 0 Å². The second-order valence-electron chi connectivity index (χ2n) is 5.53. The maximum atomic E-state index is 12.7. The molecule has 1 amide bonds. The molecule has 0 radical (unpaired) electrons. The minimum Gasteiger partial charge on any atom is -0.467 e. The Bertz CT molecular complexity index is 672. The van der Waals surface area contributed by atoms with Crippen molar-refractivity contribution in [3.63, 3.8) is 0 Å². The molecule has 0 bridgehead atoms. The average molecular weight is 322 g/mol. The van der Waals surface area contributed by atoms with Crippen molar-refractivity contribution < 1.29 is 24.4 Å². The molecule has 8 nitrogen and oxygen atoms in total. The van der Waals surface area contributed by atoms with E-state index in [9.17, 15) is 24.8 Å². The van der Waals surface area contributed by atoms with Crippen LogP contribution in [0, 0.1) is 24.0 Å². The molecular formula is C15H18N2O6. The highest BCUT2D eigenvalue weighted by Gasteiger charge is 2.43. The molecule has 2 atom stereocenters. The quantitative estimate of drug-likeness (QED) is 0.504. The average Bonchev–Trinajstić information content (AvgIpc) is 2.89. The van der Waals surface area contributed by atoms with Crippen molar-refractivity contribution in [2.45, 2.75) is 32.4 Å². The molecule has 1 aliphatic heterocycles. The van der Waals surface area contributed by atoms with Gasteiger partial charge >= 0.3 is 5.97 Å². The van der Waals surface area contributed by atoms with Crippen LogP contribution in [0.25, 0.3) is 0 Å². The third-order valence-corrected chi connectivity index (χ3v) is 4.11. The first-order valence-electron chi connectivity index (χ1n) is 7.10. The van der Waals surface area contributed by atoms with Crippen LogP contribution in [0.2, 0.25) is 0 Å². The summed E-state index contributed by atoms with van der Waals surface area (Å²) < 4.78 is 4.61. The minimum absolute atomic E-state index is 0.0962. The fourth-order valence-corrected chi connectivity index (χ4v) is 2.69. The number of likely N-dealkylation sites (tertiary alicyclic amines) is 1. The lowest BCUT2D eigenvalue weighted by molar-refractivity contribution is -0.385. The van der Waals surface area contributed by atoms with E-state index in [0.29, 0.717) is 5.56 Å². The van der Waals surface area contributed by atoms with Gasteiger partial charge in [0.2, 0.25) is 0 Å². The van der Waals surface area contributed by atoms with Gasteiger partial charge in [-0.25, -0.2) is 4.79 Å². The number of hydrogen-bond donors (Lipinski definition) is 1. The number of nitro groups is 1. The van der Waals surface area contributed by atoms with Crippen LogP contribution in [0.1, 0.15) is 27.9 Å². The predicted octanol–water partition coefficient (Wildman–Crippen LogP) is 0.960. The van der Waals surface area contributed by atoms with Gasteiger partial charge in [0.1, 0.15) is 5.56 Å². The van der Waals surface area contributed by atoms with E-state index in [1.54, 1.807) is 13.8 Å². The normalized spacial score (nSPS) is 20.4. The molecule has 1 aromatic carbocycles. The van der Waals surface area contributed by atoms with Crippen molar-refractivity contribution >= 4 is 17.6 Å². The van der Waals surface area contributed by atoms with Crippen LogP contribution in [0.5, 0.6) is 0 Å². The maximum absolute atomic E-state index is 12.7. The number of ether oxygens (including phenoxy) is 1. The van der Waals surface area contributed by atoms with Crippen molar-refractivity contribution in [1.29, 1.82) is 0 Å².